The maximum absolute atomic E-state index is 13.4. The number of methoxy groups -OCH3 is 2. The molecule has 0 bridgehead atoms. The first-order valence-corrected chi connectivity index (χ1v) is 10.7. The minimum Gasteiger partial charge on any atom is -0.497 e. The standard InChI is InChI=1S/C26H23N5O3/c1-33-18-11-7-16(8-12-18)15-31-24(27)22(26(32)28-17-9-13-19(34-2)14-10-17)23-25(31)30-21-6-4-3-5-20(21)29-23/h3-14H,15,27H2,1-2H3,(H,28,32). The van der Waals surface area contributed by atoms with Gasteiger partial charge in [-0.1, -0.05) is 24.3 Å². The number of aromatic nitrogens is 3. The van der Waals surface area contributed by atoms with Gasteiger partial charge in [-0.2, -0.15) is 0 Å². The number of nitrogens with one attached hydrogen (secondary N) is 1. The van der Waals surface area contributed by atoms with Gasteiger partial charge in [-0.15, -0.1) is 0 Å². The molecule has 2 aromatic heterocycles. The van der Waals surface area contributed by atoms with Crippen molar-refractivity contribution >= 4 is 39.6 Å². The highest BCUT2D eigenvalue weighted by Gasteiger charge is 2.24. The van der Waals surface area contributed by atoms with Gasteiger partial charge in [0, 0.05) is 5.69 Å². The number of ether oxygens (including phenoxy) is 2. The fraction of sp³-hybridized carbons (Fsp3) is 0.115. The van der Waals surface area contributed by atoms with Crippen molar-refractivity contribution < 1.29 is 14.3 Å². The predicted octanol–water partition coefficient (Wildman–Crippen LogP) is 4.48. The fourth-order valence-corrected chi connectivity index (χ4v) is 3.88. The van der Waals surface area contributed by atoms with Crippen molar-refractivity contribution in [3.05, 3.63) is 83.9 Å². The maximum Gasteiger partial charge on any atom is 0.261 e. The molecule has 0 spiro atoms. The van der Waals surface area contributed by atoms with Crippen LogP contribution in [0, 0.1) is 0 Å². The number of fused-ring (bicyclic) bond motifs is 2. The van der Waals surface area contributed by atoms with E-state index in [1.54, 1.807) is 38.5 Å². The molecule has 1 amide bonds. The highest BCUT2D eigenvalue weighted by Crippen LogP contribution is 2.30. The lowest BCUT2D eigenvalue weighted by atomic mass is 10.2. The minimum atomic E-state index is -0.356. The Morgan fingerprint density at radius 2 is 1.47 bits per heavy atom. The Bertz CT molecular complexity index is 1490. The SMILES string of the molecule is COc1ccc(Cn2c(N)c(C(=O)Nc3ccc(OC)cc3)c3nc4ccccc4nc32)cc1. The Labute approximate surface area is 196 Å². The van der Waals surface area contributed by atoms with Crippen molar-refractivity contribution in [1.29, 1.82) is 0 Å². The number of nitrogens with two attached hydrogens (primary N) is 1. The molecule has 0 saturated heterocycles. The number of amides is 1. The van der Waals surface area contributed by atoms with Gasteiger partial charge < -0.3 is 25.1 Å². The Kier molecular flexibility index (Phi) is 5.47. The molecule has 0 atom stereocenters. The van der Waals surface area contributed by atoms with Crippen molar-refractivity contribution in [2.24, 2.45) is 0 Å². The van der Waals surface area contributed by atoms with Gasteiger partial charge in [0.15, 0.2) is 5.65 Å². The average molecular weight is 454 g/mol. The summed E-state index contributed by atoms with van der Waals surface area (Å²) in [6, 6.07) is 22.3. The summed E-state index contributed by atoms with van der Waals surface area (Å²) in [7, 11) is 3.22. The third-order valence-corrected chi connectivity index (χ3v) is 5.67. The molecule has 5 rings (SSSR count). The molecule has 0 saturated carbocycles. The highest BCUT2D eigenvalue weighted by molar-refractivity contribution is 6.16. The number of hydrogen-bond donors (Lipinski definition) is 2. The fourth-order valence-electron chi connectivity index (χ4n) is 3.88. The van der Waals surface area contributed by atoms with Crippen molar-refractivity contribution in [2.75, 3.05) is 25.3 Å². The van der Waals surface area contributed by atoms with E-state index in [2.05, 4.69) is 5.32 Å². The Morgan fingerprint density at radius 1 is 0.882 bits per heavy atom. The molecule has 0 radical (unpaired) electrons. The zero-order valence-electron chi connectivity index (χ0n) is 18.8. The van der Waals surface area contributed by atoms with Crippen LogP contribution in [0.1, 0.15) is 15.9 Å². The zero-order valence-corrected chi connectivity index (χ0v) is 18.8. The van der Waals surface area contributed by atoms with Crippen molar-refractivity contribution in [3.8, 4) is 11.5 Å². The van der Waals surface area contributed by atoms with E-state index < -0.39 is 0 Å². The molecule has 3 aromatic carbocycles. The van der Waals surface area contributed by atoms with Crippen molar-refractivity contribution in [3.63, 3.8) is 0 Å². The molecule has 5 aromatic rings. The normalized spacial score (nSPS) is 11.0. The van der Waals surface area contributed by atoms with E-state index in [0.717, 1.165) is 16.8 Å². The van der Waals surface area contributed by atoms with Gasteiger partial charge in [0.25, 0.3) is 5.91 Å². The molecule has 8 nitrogen and oxygen atoms in total. The first kappa shape index (κ1) is 21.3. The smallest absolute Gasteiger partial charge is 0.261 e. The van der Waals surface area contributed by atoms with Gasteiger partial charge in [0.2, 0.25) is 0 Å². The molecule has 8 heteroatoms. The highest BCUT2D eigenvalue weighted by atomic mass is 16.5. The van der Waals surface area contributed by atoms with Crippen LogP contribution in [0.5, 0.6) is 11.5 Å². The Balaban J connectivity index is 1.61. The second-order valence-electron chi connectivity index (χ2n) is 7.76. The van der Waals surface area contributed by atoms with Gasteiger partial charge >= 0.3 is 0 Å². The predicted molar refractivity (Wildman–Crippen MR) is 132 cm³/mol. The van der Waals surface area contributed by atoms with Crippen LogP contribution in [-0.4, -0.2) is 34.7 Å². The largest absolute Gasteiger partial charge is 0.497 e. The molecule has 170 valence electrons. The quantitative estimate of drug-likeness (QED) is 0.393. The maximum atomic E-state index is 13.4. The van der Waals surface area contributed by atoms with Crippen LogP contribution in [0.2, 0.25) is 0 Å². The molecule has 0 aliphatic heterocycles. The Morgan fingerprint density at radius 3 is 2.09 bits per heavy atom. The number of nitrogens with zero attached hydrogens (tertiary/aromatic N) is 3. The number of carbonyl (C=O) groups is 1. The van der Waals surface area contributed by atoms with Gasteiger partial charge in [-0.3, -0.25) is 4.79 Å². The average Bonchev–Trinajstić information content (AvgIpc) is 3.13. The molecule has 2 heterocycles. The Hall–Kier alpha value is -4.59. The van der Waals surface area contributed by atoms with E-state index >= 15 is 0 Å². The van der Waals surface area contributed by atoms with E-state index in [1.165, 1.54) is 0 Å². The number of nitrogen functional groups attached to an aromatic ring is 1. The number of para-hydroxylation sites is 2. The molecular formula is C26H23N5O3. The lowest BCUT2D eigenvalue weighted by Crippen LogP contribution is -2.15. The third kappa shape index (κ3) is 3.86. The molecule has 0 fully saturated rings. The summed E-state index contributed by atoms with van der Waals surface area (Å²) in [6.07, 6.45) is 0. The second kappa shape index (κ2) is 8.74. The van der Waals surface area contributed by atoms with Crippen LogP contribution in [-0.2, 0) is 6.54 Å². The number of carbonyl (C=O) groups excluding carboxylic acids is 1. The minimum absolute atomic E-state index is 0.289. The van der Waals surface area contributed by atoms with E-state index in [4.69, 9.17) is 25.2 Å². The molecule has 3 N–H and O–H groups in total. The van der Waals surface area contributed by atoms with Gasteiger partial charge in [-0.05, 0) is 54.1 Å². The van der Waals surface area contributed by atoms with Gasteiger partial charge in [0.05, 0.1) is 31.8 Å². The van der Waals surface area contributed by atoms with Crippen LogP contribution < -0.4 is 20.5 Å². The van der Waals surface area contributed by atoms with E-state index in [9.17, 15) is 4.79 Å². The number of anilines is 2. The molecule has 0 aliphatic rings. The number of benzene rings is 3. The number of hydrogen-bond acceptors (Lipinski definition) is 6. The van der Waals surface area contributed by atoms with Crippen molar-refractivity contribution in [1.82, 2.24) is 14.5 Å². The topological polar surface area (TPSA) is 104 Å². The molecule has 34 heavy (non-hydrogen) atoms. The van der Waals surface area contributed by atoms with Crippen LogP contribution in [0.25, 0.3) is 22.2 Å². The summed E-state index contributed by atoms with van der Waals surface area (Å²) in [6.45, 7) is 0.426. The molecule has 0 aliphatic carbocycles. The first-order valence-electron chi connectivity index (χ1n) is 10.7. The van der Waals surface area contributed by atoms with Crippen LogP contribution >= 0.6 is 0 Å². The zero-order chi connectivity index (χ0) is 23.7. The van der Waals surface area contributed by atoms with Crippen molar-refractivity contribution in [2.45, 2.75) is 6.54 Å². The summed E-state index contributed by atoms with van der Waals surface area (Å²) in [5, 5.41) is 2.91. The van der Waals surface area contributed by atoms with Crippen LogP contribution in [0.3, 0.4) is 0 Å². The lowest BCUT2D eigenvalue weighted by Gasteiger charge is -2.09. The first-order chi connectivity index (χ1) is 16.6. The van der Waals surface area contributed by atoms with Gasteiger partial charge in [0.1, 0.15) is 28.4 Å². The molecular weight excluding hydrogens is 430 g/mol. The summed E-state index contributed by atoms with van der Waals surface area (Å²) in [5.41, 5.74) is 10.9. The second-order valence-corrected chi connectivity index (χ2v) is 7.76. The van der Waals surface area contributed by atoms with Gasteiger partial charge in [-0.25, -0.2) is 9.97 Å². The monoisotopic (exact) mass is 453 g/mol. The number of rotatable bonds is 6. The van der Waals surface area contributed by atoms with E-state index in [0.29, 0.717) is 40.5 Å². The summed E-state index contributed by atoms with van der Waals surface area (Å²) >= 11 is 0. The third-order valence-electron chi connectivity index (χ3n) is 5.67. The lowest BCUT2D eigenvalue weighted by molar-refractivity contribution is 0.102. The molecule has 0 unspecified atom stereocenters. The van der Waals surface area contributed by atoms with Crippen LogP contribution in [0.4, 0.5) is 11.5 Å². The van der Waals surface area contributed by atoms with E-state index in [-0.39, 0.29) is 11.5 Å². The summed E-state index contributed by atoms with van der Waals surface area (Å²) < 4.78 is 12.3. The summed E-state index contributed by atoms with van der Waals surface area (Å²) in [5.74, 6) is 1.41. The van der Waals surface area contributed by atoms with Crippen LogP contribution in [0.15, 0.2) is 72.8 Å². The van der Waals surface area contributed by atoms with E-state index in [1.807, 2.05) is 53.1 Å². The summed E-state index contributed by atoms with van der Waals surface area (Å²) in [4.78, 5) is 22.9.